The molecule has 0 aromatic carbocycles. The fourth-order valence-electron chi connectivity index (χ4n) is 2.95. The Balaban J connectivity index is 2.19. The summed E-state index contributed by atoms with van der Waals surface area (Å²) in [6, 6.07) is 0. The number of hydrogen-bond donors (Lipinski definition) is 1. The Morgan fingerprint density at radius 3 is 2.53 bits per heavy atom. The lowest BCUT2D eigenvalue weighted by Gasteiger charge is -2.24. The summed E-state index contributed by atoms with van der Waals surface area (Å²) in [7, 11) is 1.76. The van der Waals surface area contributed by atoms with Crippen molar-refractivity contribution in [1.82, 2.24) is 5.32 Å². The summed E-state index contributed by atoms with van der Waals surface area (Å²) in [5, 5.41) is 3.53. The molecule has 0 aromatic heterocycles. The van der Waals surface area contributed by atoms with Crippen molar-refractivity contribution in [2.45, 2.75) is 46.0 Å². The number of hydrogen-bond acceptors (Lipinski definition) is 3. The van der Waals surface area contributed by atoms with Gasteiger partial charge in [0.25, 0.3) is 0 Å². The highest BCUT2D eigenvalue weighted by Gasteiger charge is 2.24. The minimum Gasteiger partial charge on any atom is -0.383 e. The molecule has 19 heavy (non-hydrogen) atoms. The van der Waals surface area contributed by atoms with Gasteiger partial charge in [0.15, 0.2) is 0 Å². The second kappa shape index (κ2) is 10.6. The fraction of sp³-hybridized carbons (Fsp3) is 1.00. The van der Waals surface area contributed by atoms with Gasteiger partial charge in [0.2, 0.25) is 0 Å². The van der Waals surface area contributed by atoms with Gasteiger partial charge in [-0.2, -0.15) is 0 Å². The van der Waals surface area contributed by atoms with E-state index in [9.17, 15) is 0 Å². The van der Waals surface area contributed by atoms with Gasteiger partial charge in [-0.3, -0.25) is 0 Å². The Hall–Kier alpha value is -0.120. The van der Waals surface area contributed by atoms with E-state index in [-0.39, 0.29) is 0 Å². The van der Waals surface area contributed by atoms with Crippen molar-refractivity contribution in [3.8, 4) is 0 Å². The summed E-state index contributed by atoms with van der Waals surface area (Å²) in [6.07, 6.45) is 6.89. The first-order chi connectivity index (χ1) is 9.24. The Kier molecular flexibility index (Phi) is 9.48. The van der Waals surface area contributed by atoms with E-state index in [1.807, 2.05) is 0 Å². The van der Waals surface area contributed by atoms with Crippen LogP contribution < -0.4 is 5.32 Å². The molecule has 0 heterocycles. The summed E-state index contributed by atoms with van der Waals surface area (Å²) < 4.78 is 10.8. The van der Waals surface area contributed by atoms with Gasteiger partial charge in [-0.15, -0.1) is 0 Å². The fourth-order valence-corrected chi connectivity index (χ4v) is 2.95. The van der Waals surface area contributed by atoms with Crippen molar-refractivity contribution < 1.29 is 9.47 Å². The first kappa shape index (κ1) is 16.9. The largest absolute Gasteiger partial charge is 0.383 e. The molecule has 1 fully saturated rings. The van der Waals surface area contributed by atoms with E-state index < -0.39 is 0 Å². The number of rotatable bonds is 11. The molecule has 1 atom stereocenters. The van der Waals surface area contributed by atoms with Gasteiger partial charge in [0.05, 0.1) is 6.61 Å². The van der Waals surface area contributed by atoms with E-state index in [0.29, 0.717) is 5.92 Å². The van der Waals surface area contributed by atoms with Crippen molar-refractivity contribution in [3.05, 3.63) is 0 Å². The lowest BCUT2D eigenvalue weighted by Crippen LogP contribution is -2.30. The van der Waals surface area contributed by atoms with Crippen LogP contribution in [-0.4, -0.2) is 40.0 Å². The van der Waals surface area contributed by atoms with Crippen LogP contribution in [0.25, 0.3) is 0 Å². The van der Waals surface area contributed by atoms with Gasteiger partial charge in [0.1, 0.15) is 0 Å². The Bertz CT molecular complexity index is 203. The molecule has 0 amide bonds. The lowest BCUT2D eigenvalue weighted by atomic mass is 9.88. The Labute approximate surface area is 119 Å². The molecule has 3 heteroatoms. The quantitative estimate of drug-likeness (QED) is 0.586. The first-order valence-electron chi connectivity index (χ1n) is 8.01. The smallest absolute Gasteiger partial charge is 0.0587 e. The molecule has 0 bridgehead atoms. The third-order valence-electron chi connectivity index (χ3n) is 4.04. The van der Waals surface area contributed by atoms with Crippen LogP contribution in [0.4, 0.5) is 0 Å². The first-order valence-corrected chi connectivity index (χ1v) is 8.01. The van der Waals surface area contributed by atoms with Crippen molar-refractivity contribution in [3.63, 3.8) is 0 Å². The van der Waals surface area contributed by atoms with Crippen LogP contribution >= 0.6 is 0 Å². The van der Waals surface area contributed by atoms with E-state index in [2.05, 4.69) is 19.2 Å². The van der Waals surface area contributed by atoms with Gasteiger partial charge >= 0.3 is 0 Å². The molecule has 3 nitrogen and oxygen atoms in total. The third-order valence-corrected chi connectivity index (χ3v) is 4.04. The normalized spacial score (nSPS) is 18.3. The molecule has 0 aromatic rings. The van der Waals surface area contributed by atoms with Gasteiger partial charge in [-0.1, -0.05) is 39.5 Å². The maximum absolute atomic E-state index is 5.76. The molecule has 114 valence electrons. The van der Waals surface area contributed by atoms with Crippen LogP contribution in [0.15, 0.2) is 0 Å². The maximum Gasteiger partial charge on any atom is 0.0587 e. The van der Waals surface area contributed by atoms with E-state index in [1.165, 1.54) is 32.1 Å². The van der Waals surface area contributed by atoms with Crippen LogP contribution in [-0.2, 0) is 9.47 Å². The van der Waals surface area contributed by atoms with Gasteiger partial charge in [-0.25, -0.2) is 0 Å². The van der Waals surface area contributed by atoms with Crippen LogP contribution in [0.1, 0.15) is 46.0 Å². The van der Waals surface area contributed by atoms with Crippen LogP contribution in [0.2, 0.25) is 0 Å². The lowest BCUT2D eigenvalue weighted by molar-refractivity contribution is 0.0895. The zero-order chi connectivity index (χ0) is 13.9. The summed E-state index contributed by atoms with van der Waals surface area (Å²) >= 11 is 0. The molecular weight excluding hydrogens is 238 g/mol. The summed E-state index contributed by atoms with van der Waals surface area (Å²) in [4.78, 5) is 0. The second-order valence-corrected chi connectivity index (χ2v) is 6.26. The molecule has 0 saturated heterocycles. The highest BCUT2D eigenvalue weighted by Crippen LogP contribution is 2.32. The molecule has 1 unspecified atom stereocenters. The number of ether oxygens (including phenoxy) is 2. The zero-order valence-electron chi connectivity index (χ0n) is 13.1. The summed E-state index contributed by atoms with van der Waals surface area (Å²) in [5.74, 6) is 2.34. The number of nitrogens with one attached hydrogen (secondary N) is 1. The van der Waals surface area contributed by atoms with Crippen LogP contribution in [0.3, 0.4) is 0 Å². The van der Waals surface area contributed by atoms with Crippen molar-refractivity contribution in [2.75, 3.05) is 40.0 Å². The predicted molar refractivity (Wildman–Crippen MR) is 80.5 cm³/mol. The predicted octanol–water partition coefficient (Wildman–Crippen LogP) is 3.09. The molecule has 1 rings (SSSR count). The Morgan fingerprint density at radius 2 is 1.89 bits per heavy atom. The van der Waals surface area contributed by atoms with E-state index in [1.54, 1.807) is 7.11 Å². The maximum atomic E-state index is 5.76. The third kappa shape index (κ3) is 7.91. The molecule has 1 aliphatic carbocycles. The molecule has 0 aliphatic heterocycles. The highest BCUT2D eigenvalue weighted by molar-refractivity contribution is 4.77. The van der Waals surface area contributed by atoms with E-state index in [0.717, 1.165) is 44.7 Å². The monoisotopic (exact) mass is 271 g/mol. The standard InChI is InChI=1S/C16H33NO2/c1-14(2)13-19-10-8-16(12-17-9-11-18-3)15-6-4-5-7-15/h14-17H,4-13H2,1-3H3. The average Bonchev–Trinajstić information content (AvgIpc) is 2.90. The van der Waals surface area contributed by atoms with Crippen molar-refractivity contribution >= 4 is 0 Å². The minimum absolute atomic E-state index is 0.643. The highest BCUT2D eigenvalue weighted by atomic mass is 16.5. The van der Waals surface area contributed by atoms with Crippen LogP contribution in [0, 0.1) is 17.8 Å². The average molecular weight is 271 g/mol. The molecule has 0 radical (unpaired) electrons. The van der Waals surface area contributed by atoms with Crippen LogP contribution in [0.5, 0.6) is 0 Å². The van der Waals surface area contributed by atoms with Crippen molar-refractivity contribution in [2.24, 2.45) is 17.8 Å². The summed E-state index contributed by atoms with van der Waals surface area (Å²) in [6.45, 7) is 9.13. The van der Waals surface area contributed by atoms with Gasteiger partial charge in [-0.05, 0) is 30.7 Å². The second-order valence-electron chi connectivity index (χ2n) is 6.26. The van der Waals surface area contributed by atoms with E-state index in [4.69, 9.17) is 9.47 Å². The summed E-state index contributed by atoms with van der Waals surface area (Å²) in [5.41, 5.74) is 0. The van der Waals surface area contributed by atoms with E-state index >= 15 is 0 Å². The molecule has 0 spiro atoms. The zero-order valence-corrected chi connectivity index (χ0v) is 13.1. The number of methoxy groups -OCH3 is 1. The topological polar surface area (TPSA) is 30.5 Å². The molecule has 1 aliphatic rings. The SMILES string of the molecule is COCCNCC(CCOCC(C)C)C1CCCC1. The van der Waals surface area contributed by atoms with Crippen molar-refractivity contribution in [1.29, 1.82) is 0 Å². The molecule has 1 saturated carbocycles. The molecule has 1 N–H and O–H groups in total. The van der Waals surface area contributed by atoms with Gasteiger partial charge in [0, 0.05) is 26.9 Å². The molecular formula is C16H33NO2. The Morgan fingerprint density at radius 1 is 1.16 bits per heavy atom. The van der Waals surface area contributed by atoms with Gasteiger partial charge < -0.3 is 14.8 Å². The minimum atomic E-state index is 0.643.